The van der Waals surface area contributed by atoms with E-state index in [2.05, 4.69) is 21.9 Å². The fourth-order valence-electron chi connectivity index (χ4n) is 1.61. The number of aliphatic imine (C=N–C) groups is 1. The first-order valence-electron chi connectivity index (χ1n) is 6.51. The summed E-state index contributed by atoms with van der Waals surface area (Å²) >= 11 is 1.78. The average molecular weight is 283 g/mol. The van der Waals surface area contributed by atoms with Gasteiger partial charge in [-0.25, -0.2) is 4.39 Å². The van der Waals surface area contributed by atoms with Gasteiger partial charge in [-0.2, -0.15) is 11.8 Å². The summed E-state index contributed by atoms with van der Waals surface area (Å²) in [6.45, 7) is 4.43. The zero-order valence-corrected chi connectivity index (χ0v) is 12.4. The van der Waals surface area contributed by atoms with Gasteiger partial charge in [-0.05, 0) is 37.3 Å². The summed E-state index contributed by atoms with van der Waals surface area (Å²) in [6.07, 6.45) is 2.85. The molecule has 0 saturated heterocycles. The zero-order valence-electron chi connectivity index (χ0n) is 11.6. The molecule has 0 aliphatic carbocycles. The zero-order chi connectivity index (χ0) is 13.9. The highest BCUT2D eigenvalue weighted by Crippen LogP contribution is 2.03. The van der Waals surface area contributed by atoms with E-state index in [1.807, 2.05) is 13.0 Å². The molecule has 19 heavy (non-hydrogen) atoms. The molecule has 0 heterocycles. The second kappa shape index (κ2) is 9.67. The molecule has 1 aromatic rings. The largest absolute Gasteiger partial charge is 0.357 e. The number of benzene rings is 1. The number of nitrogens with one attached hydrogen (secondary N) is 2. The Morgan fingerprint density at radius 2 is 2.21 bits per heavy atom. The van der Waals surface area contributed by atoms with Crippen molar-refractivity contribution in [3.8, 4) is 0 Å². The molecule has 0 spiro atoms. The number of guanidine groups is 1. The first-order valence-corrected chi connectivity index (χ1v) is 7.91. The molecule has 0 aromatic heterocycles. The molecule has 3 nitrogen and oxygen atoms in total. The third-order valence-corrected chi connectivity index (χ3v) is 3.10. The minimum Gasteiger partial charge on any atom is -0.357 e. The van der Waals surface area contributed by atoms with E-state index < -0.39 is 0 Å². The lowest BCUT2D eigenvalue weighted by molar-refractivity contribution is 0.625. The predicted octanol–water partition coefficient (Wildman–Crippen LogP) is 2.29. The fraction of sp³-hybridized carbons (Fsp3) is 0.500. The van der Waals surface area contributed by atoms with Crippen molar-refractivity contribution in [3.63, 3.8) is 0 Å². The Bertz CT molecular complexity index is 396. The maximum atomic E-state index is 13.0. The molecule has 0 aliphatic rings. The lowest BCUT2D eigenvalue weighted by Crippen LogP contribution is -2.38. The van der Waals surface area contributed by atoms with Gasteiger partial charge in [0.05, 0.1) is 6.54 Å². The van der Waals surface area contributed by atoms with Crippen LogP contribution in [0.5, 0.6) is 0 Å². The topological polar surface area (TPSA) is 36.4 Å². The van der Waals surface area contributed by atoms with Gasteiger partial charge in [0.15, 0.2) is 5.96 Å². The van der Waals surface area contributed by atoms with E-state index >= 15 is 0 Å². The minimum absolute atomic E-state index is 0.182. The van der Waals surface area contributed by atoms with E-state index in [1.54, 1.807) is 23.9 Å². The van der Waals surface area contributed by atoms with Crippen molar-refractivity contribution in [3.05, 3.63) is 35.6 Å². The Labute approximate surface area is 119 Å². The summed E-state index contributed by atoms with van der Waals surface area (Å²) in [5.74, 6) is 1.66. The summed E-state index contributed by atoms with van der Waals surface area (Å²) in [5, 5.41) is 6.45. The first-order chi connectivity index (χ1) is 9.26. The molecule has 0 saturated carbocycles. The summed E-state index contributed by atoms with van der Waals surface area (Å²) < 4.78 is 13.0. The van der Waals surface area contributed by atoms with Crippen molar-refractivity contribution in [1.29, 1.82) is 0 Å². The Balaban J connectivity index is 2.37. The van der Waals surface area contributed by atoms with Crippen LogP contribution in [0.1, 0.15) is 12.5 Å². The average Bonchev–Trinajstić information content (AvgIpc) is 2.39. The number of hydrogen-bond acceptors (Lipinski definition) is 2. The second-order valence-electron chi connectivity index (χ2n) is 4.06. The van der Waals surface area contributed by atoms with Crippen LogP contribution in [0.25, 0.3) is 0 Å². The molecule has 1 aromatic carbocycles. The van der Waals surface area contributed by atoms with Gasteiger partial charge in [-0.1, -0.05) is 12.1 Å². The molecule has 0 atom stereocenters. The number of rotatable bonds is 7. The van der Waals surface area contributed by atoms with Crippen LogP contribution < -0.4 is 10.6 Å². The number of nitrogens with zero attached hydrogens (tertiary/aromatic N) is 1. The van der Waals surface area contributed by atoms with Gasteiger partial charge in [0.1, 0.15) is 5.82 Å². The standard InChI is InChI=1S/C14H22FN3S/c1-3-16-14(18-9-10-19-2)17-8-7-12-5-4-6-13(15)11-12/h4-6,11H,3,7-10H2,1-2H3,(H2,16,17,18). The van der Waals surface area contributed by atoms with Crippen molar-refractivity contribution >= 4 is 17.7 Å². The van der Waals surface area contributed by atoms with E-state index in [-0.39, 0.29) is 5.82 Å². The lowest BCUT2D eigenvalue weighted by Gasteiger charge is -2.11. The maximum Gasteiger partial charge on any atom is 0.191 e. The predicted molar refractivity (Wildman–Crippen MR) is 82.5 cm³/mol. The van der Waals surface area contributed by atoms with Crippen LogP contribution >= 0.6 is 11.8 Å². The molecule has 0 radical (unpaired) electrons. The molecule has 0 fully saturated rings. The smallest absolute Gasteiger partial charge is 0.191 e. The van der Waals surface area contributed by atoms with Gasteiger partial charge in [0.2, 0.25) is 0 Å². The number of thioether (sulfide) groups is 1. The summed E-state index contributed by atoms with van der Waals surface area (Å²) in [7, 11) is 0. The molecule has 0 aliphatic heterocycles. The minimum atomic E-state index is -0.182. The molecular formula is C14H22FN3S. The third kappa shape index (κ3) is 7.06. The fourth-order valence-corrected chi connectivity index (χ4v) is 1.88. The van der Waals surface area contributed by atoms with E-state index in [0.717, 1.165) is 43.3 Å². The van der Waals surface area contributed by atoms with Crippen molar-refractivity contribution in [2.24, 2.45) is 4.99 Å². The van der Waals surface area contributed by atoms with Crippen molar-refractivity contribution in [2.45, 2.75) is 13.3 Å². The van der Waals surface area contributed by atoms with Crippen LogP contribution in [0.15, 0.2) is 29.3 Å². The molecule has 0 amide bonds. The van der Waals surface area contributed by atoms with Crippen molar-refractivity contribution < 1.29 is 4.39 Å². The van der Waals surface area contributed by atoms with Crippen molar-refractivity contribution in [1.82, 2.24) is 10.6 Å². The Kier molecular flexibility index (Phi) is 8.05. The van der Waals surface area contributed by atoms with E-state index in [0.29, 0.717) is 0 Å². The monoisotopic (exact) mass is 283 g/mol. The van der Waals surface area contributed by atoms with E-state index in [1.165, 1.54) is 6.07 Å². The van der Waals surface area contributed by atoms with Crippen LogP contribution in [0, 0.1) is 5.82 Å². The van der Waals surface area contributed by atoms with Gasteiger partial charge in [0, 0.05) is 18.8 Å². The lowest BCUT2D eigenvalue weighted by atomic mass is 10.1. The highest BCUT2D eigenvalue weighted by molar-refractivity contribution is 7.98. The normalized spacial score (nSPS) is 11.4. The highest BCUT2D eigenvalue weighted by Gasteiger charge is 1.98. The molecule has 1 rings (SSSR count). The van der Waals surface area contributed by atoms with Crippen LogP contribution in [0.4, 0.5) is 4.39 Å². The third-order valence-electron chi connectivity index (χ3n) is 2.50. The molecule has 0 bridgehead atoms. The van der Waals surface area contributed by atoms with Crippen molar-refractivity contribution in [2.75, 3.05) is 31.6 Å². The number of hydrogen-bond donors (Lipinski definition) is 2. The van der Waals surface area contributed by atoms with E-state index in [4.69, 9.17) is 0 Å². The highest BCUT2D eigenvalue weighted by atomic mass is 32.2. The molecule has 106 valence electrons. The van der Waals surface area contributed by atoms with Gasteiger partial charge >= 0.3 is 0 Å². The molecule has 2 N–H and O–H groups in total. The molecule has 5 heteroatoms. The summed E-state index contributed by atoms with van der Waals surface area (Å²) in [4.78, 5) is 4.45. The van der Waals surface area contributed by atoms with Gasteiger partial charge in [-0.15, -0.1) is 0 Å². The van der Waals surface area contributed by atoms with Gasteiger partial charge in [0.25, 0.3) is 0 Å². The van der Waals surface area contributed by atoms with E-state index in [9.17, 15) is 4.39 Å². The quantitative estimate of drug-likeness (QED) is 0.458. The molecular weight excluding hydrogens is 261 g/mol. The van der Waals surface area contributed by atoms with Crippen LogP contribution in [-0.2, 0) is 6.42 Å². The summed E-state index contributed by atoms with van der Waals surface area (Å²) in [5.41, 5.74) is 0.993. The SMILES string of the molecule is CCNC(=NCCSC)NCCc1cccc(F)c1. The van der Waals surface area contributed by atoms with Crippen LogP contribution in [0.3, 0.4) is 0 Å². The Hall–Kier alpha value is -1.23. The maximum absolute atomic E-state index is 13.0. The number of halogens is 1. The first kappa shape index (κ1) is 15.8. The van der Waals surface area contributed by atoms with Gasteiger partial charge in [-0.3, -0.25) is 4.99 Å². The Morgan fingerprint density at radius 1 is 1.37 bits per heavy atom. The summed E-state index contributed by atoms with van der Waals surface area (Å²) in [6, 6.07) is 6.70. The Morgan fingerprint density at radius 3 is 2.89 bits per heavy atom. The van der Waals surface area contributed by atoms with Crippen LogP contribution in [0.2, 0.25) is 0 Å². The molecule has 0 unspecified atom stereocenters. The second-order valence-corrected chi connectivity index (χ2v) is 5.05. The van der Waals surface area contributed by atoms with Crippen LogP contribution in [-0.4, -0.2) is 37.6 Å². The van der Waals surface area contributed by atoms with Gasteiger partial charge < -0.3 is 10.6 Å².